The van der Waals surface area contributed by atoms with Crippen molar-refractivity contribution in [3.8, 4) is 0 Å². The molecule has 1 unspecified atom stereocenters. The molecule has 1 rings (SSSR count). The van der Waals surface area contributed by atoms with Gasteiger partial charge in [-0.15, -0.1) is 0 Å². The van der Waals surface area contributed by atoms with Gasteiger partial charge in [0.15, 0.2) is 0 Å². The fraction of sp³-hybridized carbons (Fsp3) is 1.00. The molecule has 0 aliphatic heterocycles. The molecule has 0 spiro atoms. The van der Waals surface area contributed by atoms with Gasteiger partial charge < -0.3 is 15.3 Å². The Labute approximate surface area is 126 Å². The maximum atomic E-state index is 9.78. The second kappa shape index (κ2) is 8.35. The molecule has 3 nitrogen and oxygen atoms in total. The van der Waals surface area contributed by atoms with E-state index in [4.69, 9.17) is 0 Å². The van der Waals surface area contributed by atoms with Crippen molar-refractivity contribution >= 4 is 0 Å². The van der Waals surface area contributed by atoms with E-state index >= 15 is 0 Å². The van der Waals surface area contributed by atoms with Gasteiger partial charge in [-0.3, -0.25) is 0 Å². The predicted molar refractivity (Wildman–Crippen MR) is 87.0 cm³/mol. The van der Waals surface area contributed by atoms with E-state index in [0.29, 0.717) is 6.04 Å². The molecule has 2 N–H and O–H groups in total. The standard InChI is InChI=1S/C17H36N2O/c1-14(2)8-10-19(11-9-15(3)4)12-17(5,13-20)18-16-6-7-16/h14-16,18,20H,6-13H2,1-5H3. The number of rotatable bonds is 11. The summed E-state index contributed by atoms with van der Waals surface area (Å²) in [6.45, 7) is 14.8. The van der Waals surface area contributed by atoms with E-state index in [2.05, 4.69) is 44.8 Å². The van der Waals surface area contributed by atoms with Gasteiger partial charge in [-0.25, -0.2) is 0 Å². The van der Waals surface area contributed by atoms with Crippen LogP contribution in [0.1, 0.15) is 60.3 Å². The Hall–Kier alpha value is -0.120. The van der Waals surface area contributed by atoms with E-state index in [0.717, 1.165) is 31.5 Å². The first-order valence-corrected chi connectivity index (χ1v) is 8.45. The van der Waals surface area contributed by atoms with E-state index in [1.807, 2.05) is 0 Å². The summed E-state index contributed by atoms with van der Waals surface area (Å²) in [5.41, 5.74) is -0.144. The van der Waals surface area contributed by atoms with Crippen LogP contribution in [0.25, 0.3) is 0 Å². The molecule has 0 bridgehead atoms. The van der Waals surface area contributed by atoms with Crippen LogP contribution in [0, 0.1) is 11.8 Å². The van der Waals surface area contributed by atoms with Gasteiger partial charge in [-0.2, -0.15) is 0 Å². The lowest BCUT2D eigenvalue weighted by Gasteiger charge is -2.36. The van der Waals surface area contributed by atoms with E-state index in [1.165, 1.54) is 25.7 Å². The van der Waals surface area contributed by atoms with E-state index < -0.39 is 0 Å². The topological polar surface area (TPSA) is 35.5 Å². The maximum absolute atomic E-state index is 9.78. The zero-order chi connectivity index (χ0) is 15.2. The van der Waals surface area contributed by atoms with Gasteiger partial charge in [0, 0.05) is 12.6 Å². The summed E-state index contributed by atoms with van der Waals surface area (Å²) in [7, 11) is 0. The maximum Gasteiger partial charge on any atom is 0.0623 e. The highest BCUT2D eigenvalue weighted by Gasteiger charge is 2.33. The molecule has 20 heavy (non-hydrogen) atoms. The van der Waals surface area contributed by atoms with Crippen molar-refractivity contribution in [1.82, 2.24) is 10.2 Å². The Morgan fingerprint density at radius 1 is 1.10 bits per heavy atom. The zero-order valence-corrected chi connectivity index (χ0v) is 14.3. The summed E-state index contributed by atoms with van der Waals surface area (Å²) in [6, 6.07) is 0.643. The summed E-state index contributed by atoms with van der Waals surface area (Å²) in [6.07, 6.45) is 5.02. The molecule has 1 fully saturated rings. The van der Waals surface area contributed by atoms with Gasteiger partial charge in [0.2, 0.25) is 0 Å². The minimum atomic E-state index is -0.144. The zero-order valence-electron chi connectivity index (χ0n) is 14.3. The van der Waals surface area contributed by atoms with Crippen molar-refractivity contribution in [3.05, 3.63) is 0 Å². The summed E-state index contributed by atoms with van der Waals surface area (Å²) < 4.78 is 0. The van der Waals surface area contributed by atoms with Crippen LogP contribution in [0.2, 0.25) is 0 Å². The van der Waals surface area contributed by atoms with Gasteiger partial charge in [0.25, 0.3) is 0 Å². The largest absolute Gasteiger partial charge is 0.394 e. The lowest BCUT2D eigenvalue weighted by atomic mass is 10.0. The van der Waals surface area contributed by atoms with Crippen LogP contribution in [-0.4, -0.2) is 47.8 Å². The summed E-state index contributed by atoms with van der Waals surface area (Å²) in [5.74, 6) is 1.49. The molecule has 1 atom stereocenters. The van der Waals surface area contributed by atoms with Crippen molar-refractivity contribution in [3.63, 3.8) is 0 Å². The first kappa shape index (κ1) is 17.9. The van der Waals surface area contributed by atoms with Crippen molar-refractivity contribution in [2.75, 3.05) is 26.2 Å². The molecular weight excluding hydrogens is 248 g/mol. The van der Waals surface area contributed by atoms with E-state index in [-0.39, 0.29) is 12.1 Å². The Bertz CT molecular complexity index is 252. The van der Waals surface area contributed by atoms with Crippen LogP contribution in [0.15, 0.2) is 0 Å². The first-order valence-electron chi connectivity index (χ1n) is 8.45. The molecule has 3 heteroatoms. The first-order chi connectivity index (χ1) is 9.34. The fourth-order valence-corrected chi connectivity index (χ4v) is 2.51. The monoisotopic (exact) mass is 284 g/mol. The average molecular weight is 284 g/mol. The molecule has 0 aromatic rings. The Morgan fingerprint density at radius 3 is 1.95 bits per heavy atom. The molecule has 120 valence electrons. The second-order valence-electron chi connectivity index (χ2n) is 7.78. The molecule has 1 saturated carbocycles. The minimum Gasteiger partial charge on any atom is -0.394 e. The number of nitrogens with zero attached hydrogens (tertiary/aromatic N) is 1. The lowest BCUT2D eigenvalue weighted by molar-refractivity contribution is 0.112. The minimum absolute atomic E-state index is 0.144. The average Bonchev–Trinajstić information content (AvgIpc) is 3.16. The SMILES string of the molecule is CC(C)CCN(CCC(C)C)CC(C)(CO)NC1CC1. The fourth-order valence-electron chi connectivity index (χ4n) is 2.51. The van der Waals surface area contributed by atoms with Gasteiger partial charge in [0.1, 0.15) is 0 Å². The number of nitrogens with one attached hydrogen (secondary N) is 1. The van der Waals surface area contributed by atoms with Crippen LogP contribution in [0.5, 0.6) is 0 Å². The van der Waals surface area contributed by atoms with Gasteiger partial charge >= 0.3 is 0 Å². The molecule has 1 aliphatic rings. The molecule has 0 aromatic carbocycles. The number of aliphatic hydroxyl groups is 1. The Balaban J connectivity index is 2.49. The molecule has 0 saturated heterocycles. The summed E-state index contributed by atoms with van der Waals surface area (Å²) in [5, 5.41) is 13.4. The van der Waals surface area contributed by atoms with Crippen molar-refractivity contribution in [2.24, 2.45) is 11.8 Å². The van der Waals surface area contributed by atoms with Gasteiger partial charge in [-0.05, 0) is 57.5 Å². The summed E-state index contributed by atoms with van der Waals surface area (Å²) in [4.78, 5) is 2.55. The highest BCUT2D eigenvalue weighted by Crippen LogP contribution is 2.23. The van der Waals surface area contributed by atoms with Gasteiger partial charge in [-0.1, -0.05) is 27.7 Å². The third kappa shape index (κ3) is 7.61. The molecular formula is C17H36N2O. The van der Waals surface area contributed by atoms with Crippen LogP contribution in [0.4, 0.5) is 0 Å². The predicted octanol–water partition coefficient (Wildman–Crippen LogP) is 2.88. The smallest absolute Gasteiger partial charge is 0.0623 e. The van der Waals surface area contributed by atoms with E-state index in [9.17, 15) is 5.11 Å². The number of aliphatic hydroxyl groups excluding tert-OH is 1. The van der Waals surface area contributed by atoms with Crippen molar-refractivity contribution < 1.29 is 5.11 Å². The number of hydrogen-bond acceptors (Lipinski definition) is 3. The Kier molecular flexibility index (Phi) is 7.49. The van der Waals surface area contributed by atoms with E-state index in [1.54, 1.807) is 0 Å². The normalized spacial score (nSPS) is 19.1. The highest BCUT2D eigenvalue weighted by atomic mass is 16.3. The van der Waals surface area contributed by atoms with Crippen LogP contribution in [-0.2, 0) is 0 Å². The quantitative estimate of drug-likeness (QED) is 0.612. The second-order valence-corrected chi connectivity index (χ2v) is 7.78. The van der Waals surface area contributed by atoms with Crippen molar-refractivity contribution in [2.45, 2.75) is 71.9 Å². The van der Waals surface area contributed by atoms with Crippen LogP contribution < -0.4 is 5.32 Å². The summed E-state index contributed by atoms with van der Waals surface area (Å²) >= 11 is 0. The van der Waals surface area contributed by atoms with Crippen molar-refractivity contribution in [1.29, 1.82) is 0 Å². The molecule has 1 aliphatic carbocycles. The van der Waals surface area contributed by atoms with Crippen LogP contribution >= 0.6 is 0 Å². The third-order valence-electron chi connectivity index (χ3n) is 4.10. The molecule has 0 heterocycles. The highest BCUT2D eigenvalue weighted by molar-refractivity contribution is 4.94. The van der Waals surface area contributed by atoms with Gasteiger partial charge in [0.05, 0.1) is 12.1 Å². The Morgan fingerprint density at radius 2 is 1.60 bits per heavy atom. The molecule has 0 aromatic heterocycles. The van der Waals surface area contributed by atoms with Crippen LogP contribution in [0.3, 0.4) is 0 Å². The number of hydrogen-bond donors (Lipinski definition) is 2. The third-order valence-corrected chi connectivity index (χ3v) is 4.10. The lowest BCUT2D eigenvalue weighted by Crippen LogP contribution is -2.55. The molecule has 0 radical (unpaired) electrons. The molecule has 0 amide bonds.